The SMILES string of the molecule is CCS(SO)(SO)S(=O)O. The fourth-order valence-corrected chi connectivity index (χ4v) is 3.63. The number of rotatable bonds is 4. The summed E-state index contributed by atoms with van der Waals surface area (Å²) in [6.07, 6.45) is 0. The summed E-state index contributed by atoms with van der Waals surface area (Å²) in [6, 6.07) is 0. The van der Waals surface area contributed by atoms with Gasteiger partial charge in [-0.2, -0.15) is 0 Å². The molecule has 0 saturated heterocycles. The number of hydrogen-bond acceptors (Lipinski definition) is 5. The lowest BCUT2D eigenvalue weighted by Gasteiger charge is -2.25. The monoisotopic (exact) mass is 224 g/mol. The van der Waals surface area contributed by atoms with Crippen LogP contribution >= 0.6 is 29.3 Å². The van der Waals surface area contributed by atoms with Crippen molar-refractivity contribution >= 4 is 39.4 Å². The average molecular weight is 224 g/mol. The molecule has 0 aromatic carbocycles. The van der Waals surface area contributed by atoms with Crippen molar-refractivity contribution in [2.24, 2.45) is 0 Å². The smallest absolute Gasteiger partial charge is 0.220 e. The van der Waals surface area contributed by atoms with Gasteiger partial charge in [0, 0.05) is 12.9 Å². The lowest BCUT2D eigenvalue weighted by atomic mass is 11.0. The highest BCUT2D eigenvalue weighted by molar-refractivity contribution is 9.43. The second-order valence-electron chi connectivity index (χ2n) is 1.21. The third-order valence-corrected chi connectivity index (χ3v) is 11.5. The first-order valence-electron chi connectivity index (χ1n) is 2.21. The third kappa shape index (κ3) is 2.29. The molecule has 0 bridgehead atoms. The Kier molecular flexibility index (Phi) is 5.38. The van der Waals surface area contributed by atoms with Crippen LogP contribution in [-0.4, -0.2) is 23.6 Å². The highest BCUT2D eigenvalue weighted by Crippen LogP contribution is 2.69. The standard InChI is InChI=1S/C2H8O4S4/c1-2-10(7-3,8-4)9(5)6/h3-4H,2H2,1H3,(H,5,6). The molecule has 0 fully saturated rings. The predicted molar refractivity (Wildman–Crippen MR) is 49.3 cm³/mol. The first-order chi connectivity index (χ1) is 4.63. The van der Waals surface area contributed by atoms with Crippen molar-refractivity contribution in [2.45, 2.75) is 6.92 Å². The lowest BCUT2D eigenvalue weighted by molar-refractivity contribution is 0.580. The van der Waals surface area contributed by atoms with Crippen LogP contribution in [0.3, 0.4) is 0 Å². The van der Waals surface area contributed by atoms with Gasteiger partial charge in [0.2, 0.25) is 10.1 Å². The molecule has 0 aromatic rings. The minimum Gasteiger partial charge on any atom is -0.320 e. The summed E-state index contributed by atoms with van der Waals surface area (Å²) in [5, 5.41) is 0. The topological polar surface area (TPSA) is 77.8 Å². The van der Waals surface area contributed by atoms with Gasteiger partial charge in [-0.15, -0.1) is 0 Å². The predicted octanol–water partition coefficient (Wildman–Crippen LogP) is 2.19. The van der Waals surface area contributed by atoms with Crippen molar-refractivity contribution in [2.75, 3.05) is 5.75 Å². The summed E-state index contributed by atoms with van der Waals surface area (Å²) in [7, 11) is -4.41. The Labute approximate surface area is 70.0 Å². The molecule has 0 heterocycles. The van der Waals surface area contributed by atoms with Gasteiger partial charge < -0.3 is 9.11 Å². The Morgan fingerprint density at radius 2 is 1.90 bits per heavy atom. The van der Waals surface area contributed by atoms with Crippen molar-refractivity contribution in [1.82, 2.24) is 0 Å². The molecule has 0 radical (unpaired) electrons. The minimum absolute atomic E-state index is 0.272. The van der Waals surface area contributed by atoms with Crippen LogP contribution in [0.4, 0.5) is 0 Å². The molecule has 0 aromatic heterocycles. The van der Waals surface area contributed by atoms with Gasteiger partial charge >= 0.3 is 0 Å². The molecule has 8 heteroatoms. The zero-order valence-corrected chi connectivity index (χ0v) is 8.36. The van der Waals surface area contributed by atoms with E-state index < -0.39 is 17.2 Å². The van der Waals surface area contributed by atoms with Crippen LogP contribution < -0.4 is 0 Å². The molecular weight excluding hydrogens is 216 g/mol. The second kappa shape index (κ2) is 4.86. The molecule has 0 saturated carbocycles. The highest BCUT2D eigenvalue weighted by Gasteiger charge is 2.30. The van der Waals surface area contributed by atoms with E-state index in [9.17, 15) is 4.21 Å². The molecule has 0 aliphatic carbocycles. The van der Waals surface area contributed by atoms with Crippen LogP contribution in [0.2, 0.25) is 0 Å². The molecule has 0 aliphatic heterocycles. The van der Waals surface area contributed by atoms with Gasteiger partial charge in [-0.05, 0) is 0 Å². The van der Waals surface area contributed by atoms with Gasteiger partial charge in [0.15, 0.2) is 0 Å². The van der Waals surface area contributed by atoms with Crippen LogP contribution in [-0.2, 0) is 10.1 Å². The average Bonchev–Trinajstić information content (AvgIpc) is 1.92. The maximum absolute atomic E-state index is 10.5. The molecule has 0 amide bonds. The second-order valence-corrected chi connectivity index (χ2v) is 12.4. The van der Waals surface area contributed by atoms with Crippen molar-refractivity contribution in [1.29, 1.82) is 0 Å². The summed E-state index contributed by atoms with van der Waals surface area (Å²) in [4.78, 5) is 0. The minimum atomic E-state index is -2.25. The van der Waals surface area contributed by atoms with E-state index in [0.29, 0.717) is 5.75 Å². The first-order valence-corrected chi connectivity index (χ1v) is 8.22. The van der Waals surface area contributed by atoms with Crippen molar-refractivity contribution in [3.8, 4) is 0 Å². The maximum atomic E-state index is 10.5. The molecule has 0 rings (SSSR count). The first kappa shape index (κ1) is 11.1. The van der Waals surface area contributed by atoms with Gasteiger partial charge in [-0.1, -0.05) is 6.92 Å². The van der Waals surface area contributed by atoms with Crippen LogP contribution in [0, 0.1) is 0 Å². The maximum Gasteiger partial charge on any atom is 0.220 e. The summed E-state index contributed by atoms with van der Waals surface area (Å²) in [5.41, 5.74) is 0. The van der Waals surface area contributed by atoms with Gasteiger partial charge in [-0.3, -0.25) is 4.55 Å². The molecule has 4 nitrogen and oxygen atoms in total. The van der Waals surface area contributed by atoms with E-state index >= 15 is 0 Å². The van der Waals surface area contributed by atoms with Crippen molar-refractivity contribution in [3.05, 3.63) is 0 Å². The molecule has 0 spiro atoms. The molecule has 1 unspecified atom stereocenters. The fraction of sp³-hybridized carbons (Fsp3) is 1.00. The van der Waals surface area contributed by atoms with E-state index in [-0.39, 0.29) is 22.1 Å². The van der Waals surface area contributed by atoms with Crippen LogP contribution in [0.5, 0.6) is 0 Å². The van der Waals surface area contributed by atoms with E-state index in [0.717, 1.165) is 0 Å². The van der Waals surface area contributed by atoms with Crippen LogP contribution in [0.1, 0.15) is 6.92 Å². The van der Waals surface area contributed by atoms with Gasteiger partial charge in [0.25, 0.3) is 0 Å². The van der Waals surface area contributed by atoms with Gasteiger partial charge in [0.1, 0.15) is 0 Å². The number of hydrogen-bond donors (Lipinski definition) is 3. The van der Waals surface area contributed by atoms with Crippen molar-refractivity contribution < 1.29 is 17.9 Å². The van der Waals surface area contributed by atoms with Gasteiger partial charge in [-0.25, -0.2) is 4.21 Å². The molecular formula is C2H8O4S4. The van der Waals surface area contributed by atoms with E-state index in [4.69, 9.17) is 13.7 Å². The van der Waals surface area contributed by atoms with Crippen LogP contribution in [0.25, 0.3) is 0 Å². The van der Waals surface area contributed by atoms with Crippen LogP contribution in [0.15, 0.2) is 0 Å². The Hall–Kier alpha value is 1.08. The Balaban J connectivity index is 4.31. The van der Waals surface area contributed by atoms with Crippen molar-refractivity contribution in [3.63, 3.8) is 0 Å². The normalized spacial score (nSPS) is 16.8. The summed E-state index contributed by atoms with van der Waals surface area (Å²) in [5.74, 6) is 0.290. The Morgan fingerprint density at radius 3 is 1.90 bits per heavy atom. The lowest BCUT2D eigenvalue weighted by Crippen LogP contribution is -1.99. The van der Waals surface area contributed by atoms with E-state index in [2.05, 4.69) is 0 Å². The largest absolute Gasteiger partial charge is 0.320 e. The third-order valence-electron chi connectivity index (χ3n) is 0.798. The van der Waals surface area contributed by atoms with E-state index in [1.165, 1.54) is 0 Å². The quantitative estimate of drug-likeness (QED) is 0.386. The highest BCUT2D eigenvalue weighted by atomic mass is 33.9. The Bertz CT molecular complexity index is 114. The molecule has 3 N–H and O–H groups in total. The molecule has 0 aliphatic rings. The van der Waals surface area contributed by atoms with E-state index in [1.54, 1.807) is 6.92 Å². The summed E-state index contributed by atoms with van der Waals surface area (Å²) >= 11 is 0.543. The van der Waals surface area contributed by atoms with E-state index in [1.807, 2.05) is 0 Å². The molecule has 64 valence electrons. The zero-order chi connectivity index (χ0) is 8.20. The Morgan fingerprint density at radius 1 is 1.50 bits per heavy atom. The fourth-order valence-electron chi connectivity index (χ4n) is 0.272. The summed E-state index contributed by atoms with van der Waals surface area (Å²) < 4.78 is 36.2. The zero-order valence-electron chi connectivity index (χ0n) is 5.09. The van der Waals surface area contributed by atoms with Gasteiger partial charge in [0.05, 0.1) is 22.1 Å². The summed E-state index contributed by atoms with van der Waals surface area (Å²) in [6.45, 7) is 1.63. The molecule has 10 heavy (non-hydrogen) atoms. The molecule has 1 atom stereocenters.